The number of pyridine rings is 1. The quantitative estimate of drug-likeness (QED) is 0.800. The second kappa shape index (κ2) is 5.56. The minimum atomic E-state index is -0.476. The smallest absolute Gasteiger partial charge is 0.143 e. The molecule has 0 aliphatic heterocycles. The lowest BCUT2D eigenvalue weighted by Crippen LogP contribution is -2.12. The van der Waals surface area contributed by atoms with Crippen molar-refractivity contribution in [2.75, 3.05) is 6.61 Å². The van der Waals surface area contributed by atoms with Gasteiger partial charge in [0.25, 0.3) is 0 Å². The predicted octanol–water partition coefficient (Wildman–Crippen LogP) is 3.12. The second-order valence-corrected chi connectivity index (χ2v) is 5.55. The van der Waals surface area contributed by atoms with Gasteiger partial charge in [-0.2, -0.15) is 0 Å². The van der Waals surface area contributed by atoms with E-state index in [1.54, 1.807) is 24.5 Å². The zero-order valence-electron chi connectivity index (χ0n) is 11.0. The Kier molecular flexibility index (Phi) is 3.62. The van der Waals surface area contributed by atoms with Crippen molar-refractivity contribution < 1.29 is 9.84 Å². The third-order valence-corrected chi connectivity index (χ3v) is 3.78. The monoisotopic (exact) mass is 286 g/mol. The van der Waals surface area contributed by atoms with Crippen LogP contribution in [-0.2, 0) is 0 Å². The van der Waals surface area contributed by atoms with E-state index in [1.165, 1.54) is 0 Å². The molecule has 0 fully saturated rings. The van der Waals surface area contributed by atoms with Crippen molar-refractivity contribution in [2.45, 2.75) is 13.0 Å². The molecule has 0 radical (unpaired) electrons. The molecule has 1 atom stereocenters. The molecule has 102 valence electrons. The highest BCUT2D eigenvalue weighted by molar-refractivity contribution is 7.21. The molecule has 0 aliphatic rings. The van der Waals surface area contributed by atoms with Crippen LogP contribution in [-0.4, -0.2) is 27.8 Å². The molecule has 20 heavy (non-hydrogen) atoms. The number of nitrogens with zero attached hydrogens (tertiary/aromatic N) is 2. The zero-order chi connectivity index (χ0) is 13.9. The van der Waals surface area contributed by atoms with Gasteiger partial charge in [-0.15, -0.1) is 11.3 Å². The molecule has 2 aromatic heterocycles. The van der Waals surface area contributed by atoms with Gasteiger partial charge in [0.05, 0.1) is 22.0 Å². The van der Waals surface area contributed by atoms with E-state index in [-0.39, 0.29) is 6.61 Å². The molecule has 3 aromatic rings. The minimum absolute atomic E-state index is 0.289. The number of hydrogen-bond donors (Lipinski definition) is 1. The normalized spacial score (nSPS) is 12.5. The molecule has 1 N–H and O–H groups in total. The van der Waals surface area contributed by atoms with Crippen LogP contribution in [0.15, 0.2) is 42.6 Å². The van der Waals surface area contributed by atoms with E-state index in [9.17, 15) is 5.11 Å². The SMILES string of the molecule is CC(O)COc1ccc2nc(-c3ccccn3)sc2c1. The summed E-state index contributed by atoms with van der Waals surface area (Å²) >= 11 is 1.58. The number of benzene rings is 1. The Morgan fingerprint density at radius 1 is 1.30 bits per heavy atom. The number of ether oxygens (including phenoxy) is 1. The van der Waals surface area contributed by atoms with Gasteiger partial charge in [0.2, 0.25) is 0 Å². The number of hydrogen-bond acceptors (Lipinski definition) is 5. The maximum atomic E-state index is 9.24. The molecule has 5 heteroatoms. The molecule has 4 nitrogen and oxygen atoms in total. The summed E-state index contributed by atoms with van der Waals surface area (Å²) in [5.41, 5.74) is 1.81. The first-order valence-electron chi connectivity index (χ1n) is 6.35. The minimum Gasteiger partial charge on any atom is -0.491 e. The van der Waals surface area contributed by atoms with Crippen LogP contribution in [0.1, 0.15) is 6.92 Å². The molecule has 0 spiro atoms. The largest absolute Gasteiger partial charge is 0.491 e. The summed E-state index contributed by atoms with van der Waals surface area (Å²) in [4.78, 5) is 8.88. The Balaban J connectivity index is 1.91. The van der Waals surface area contributed by atoms with E-state index in [2.05, 4.69) is 9.97 Å². The maximum absolute atomic E-state index is 9.24. The summed E-state index contributed by atoms with van der Waals surface area (Å²) in [6, 6.07) is 11.5. The Bertz CT molecular complexity index is 710. The summed E-state index contributed by atoms with van der Waals surface area (Å²) in [6.45, 7) is 1.99. The Hall–Kier alpha value is -1.98. The summed E-state index contributed by atoms with van der Waals surface area (Å²) in [6.07, 6.45) is 1.29. The fraction of sp³-hybridized carbons (Fsp3) is 0.200. The molecular formula is C15H14N2O2S. The molecule has 0 aliphatic carbocycles. The lowest BCUT2D eigenvalue weighted by molar-refractivity contribution is 0.123. The lowest BCUT2D eigenvalue weighted by Gasteiger charge is -2.07. The third kappa shape index (κ3) is 2.79. The van der Waals surface area contributed by atoms with Gasteiger partial charge in [0.15, 0.2) is 0 Å². The Labute approximate surface area is 120 Å². The predicted molar refractivity (Wildman–Crippen MR) is 80.0 cm³/mol. The van der Waals surface area contributed by atoms with Gasteiger partial charge in [0, 0.05) is 6.20 Å². The highest BCUT2D eigenvalue weighted by Crippen LogP contribution is 2.31. The average molecular weight is 286 g/mol. The molecule has 3 rings (SSSR count). The molecule has 2 heterocycles. The molecule has 0 saturated carbocycles. The first-order valence-corrected chi connectivity index (χ1v) is 7.17. The fourth-order valence-electron chi connectivity index (χ4n) is 1.81. The van der Waals surface area contributed by atoms with Gasteiger partial charge in [-0.3, -0.25) is 4.98 Å². The van der Waals surface area contributed by atoms with Gasteiger partial charge in [-0.25, -0.2) is 4.98 Å². The first kappa shape index (κ1) is 13.0. The standard InChI is InChI=1S/C15H14N2O2S/c1-10(18)9-19-11-5-6-12-14(8-11)20-15(17-12)13-4-2-3-7-16-13/h2-8,10,18H,9H2,1H3. The van der Waals surface area contributed by atoms with Crippen LogP contribution in [0.25, 0.3) is 20.9 Å². The zero-order valence-corrected chi connectivity index (χ0v) is 11.8. The number of fused-ring (bicyclic) bond motifs is 1. The molecule has 0 saturated heterocycles. The Morgan fingerprint density at radius 3 is 2.95 bits per heavy atom. The summed E-state index contributed by atoms with van der Waals surface area (Å²) in [5.74, 6) is 0.745. The average Bonchev–Trinajstić information content (AvgIpc) is 2.89. The molecule has 1 aromatic carbocycles. The summed E-state index contributed by atoms with van der Waals surface area (Å²) in [5, 5.41) is 10.1. The van der Waals surface area contributed by atoms with E-state index in [1.807, 2.05) is 36.4 Å². The van der Waals surface area contributed by atoms with Gasteiger partial charge in [0.1, 0.15) is 17.4 Å². The number of thiazole rings is 1. The fourth-order valence-corrected chi connectivity index (χ4v) is 2.78. The molecule has 0 bridgehead atoms. The molecule has 0 amide bonds. The van der Waals surface area contributed by atoms with E-state index >= 15 is 0 Å². The number of aliphatic hydroxyl groups excluding tert-OH is 1. The highest BCUT2D eigenvalue weighted by Gasteiger charge is 2.08. The van der Waals surface area contributed by atoms with E-state index < -0.39 is 6.10 Å². The van der Waals surface area contributed by atoms with Crippen molar-refractivity contribution in [3.63, 3.8) is 0 Å². The van der Waals surface area contributed by atoms with Crippen LogP contribution in [0.3, 0.4) is 0 Å². The van der Waals surface area contributed by atoms with Crippen LogP contribution in [0.2, 0.25) is 0 Å². The second-order valence-electron chi connectivity index (χ2n) is 4.52. The van der Waals surface area contributed by atoms with Crippen molar-refractivity contribution in [1.29, 1.82) is 0 Å². The van der Waals surface area contributed by atoms with Crippen molar-refractivity contribution in [2.24, 2.45) is 0 Å². The van der Waals surface area contributed by atoms with Crippen molar-refractivity contribution in [3.8, 4) is 16.5 Å². The number of rotatable bonds is 4. The highest BCUT2D eigenvalue weighted by atomic mass is 32.1. The first-order chi connectivity index (χ1) is 9.72. The van der Waals surface area contributed by atoms with Crippen molar-refractivity contribution >= 4 is 21.6 Å². The van der Waals surface area contributed by atoms with Crippen LogP contribution in [0.5, 0.6) is 5.75 Å². The molecular weight excluding hydrogens is 272 g/mol. The maximum Gasteiger partial charge on any atom is 0.143 e. The van der Waals surface area contributed by atoms with Crippen LogP contribution in [0, 0.1) is 0 Å². The van der Waals surface area contributed by atoms with Crippen molar-refractivity contribution in [3.05, 3.63) is 42.6 Å². The van der Waals surface area contributed by atoms with Crippen molar-refractivity contribution in [1.82, 2.24) is 9.97 Å². The third-order valence-electron chi connectivity index (χ3n) is 2.74. The number of aliphatic hydroxyl groups is 1. The molecule has 1 unspecified atom stereocenters. The topological polar surface area (TPSA) is 55.2 Å². The van der Waals surface area contributed by atoms with Gasteiger partial charge in [-0.05, 0) is 37.3 Å². The Morgan fingerprint density at radius 2 is 2.20 bits per heavy atom. The number of aromatic nitrogens is 2. The van der Waals surface area contributed by atoms with E-state index in [0.717, 1.165) is 26.7 Å². The van der Waals surface area contributed by atoms with Crippen LogP contribution < -0.4 is 4.74 Å². The lowest BCUT2D eigenvalue weighted by atomic mass is 10.3. The van der Waals surface area contributed by atoms with Gasteiger partial charge in [-0.1, -0.05) is 6.07 Å². The summed E-state index contributed by atoms with van der Waals surface area (Å²) < 4.78 is 6.55. The van der Waals surface area contributed by atoms with Gasteiger partial charge < -0.3 is 9.84 Å². The van der Waals surface area contributed by atoms with Crippen LogP contribution in [0.4, 0.5) is 0 Å². The summed E-state index contributed by atoms with van der Waals surface area (Å²) in [7, 11) is 0. The van der Waals surface area contributed by atoms with E-state index in [4.69, 9.17) is 4.74 Å². The van der Waals surface area contributed by atoms with E-state index in [0.29, 0.717) is 0 Å². The van der Waals surface area contributed by atoms with Gasteiger partial charge >= 0.3 is 0 Å². The van der Waals surface area contributed by atoms with Crippen LogP contribution >= 0.6 is 11.3 Å².